The van der Waals surface area contributed by atoms with E-state index in [9.17, 15) is 0 Å². The SMILES string of the molecule is CC(C)[N+]12CC[N+](CN(C)C)(CC1)CC2. The summed E-state index contributed by atoms with van der Waals surface area (Å²) in [5, 5.41) is 0. The van der Waals surface area contributed by atoms with Crippen LogP contribution in [-0.4, -0.2) is 79.9 Å². The van der Waals surface area contributed by atoms with E-state index in [1.807, 2.05) is 0 Å². The van der Waals surface area contributed by atoms with Crippen molar-refractivity contribution >= 4 is 0 Å². The fraction of sp³-hybridized carbons (Fsp3) is 1.00. The van der Waals surface area contributed by atoms with E-state index < -0.39 is 0 Å². The molecule has 3 fully saturated rings. The fourth-order valence-corrected chi connectivity index (χ4v) is 3.49. The molecule has 0 aliphatic carbocycles. The van der Waals surface area contributed by atoms with Crippen molar-refractivity contribution in [1.29, 1.82) is 0 Å². The number of quaternary nitrogens is 2. The molecule has 3 nitrogen and oxygen atoms in total. The second-order valence-electron chi connectivity index (χ2n) is 6.22. The number of fused-ring (bicyclic) bond motifs is 3. The highest BCUT2D eigenvalue weighted by molar-refractivity contribution is 4.63. The zero-order chi connectivity index (χ0) is 11.1. The van der Waals surface area contributed by atoms with Crippen LogP contribution in [0.3, 0.4) is 0 Å². The molecule has 0 aromatic heterocycles. The molecule has 0 N–H and O–H groups in total. The molecule has 88 valence electrons. The molecular formula is C12H27N3+2. The first-order valence-electron chi connectivity index (χ1n) is 6.34. The van der Waals surface area contributed by atoms with Crippen LogP contribution in [0.1, 0.15) is 13.8 Å². The predicted octanol–water partition coefficient (Wildman–Crippen LogP) is 0.575. The zero-order valence-electron chi connectivity index (χ0n) is 10.9. The average molecular weight is 213 g/mol. The molecule has 0 aromatic carbocycles. The standard InChI is InChI=1S/C12H27N3/c1-12(2)15-8-5-14(6-9-15,7-10-15)11-13(3)4/h12H,5-11H2,1-4H3/q+2. The van der Waals surface area contributed by atoms with Gasteiger partial charge in [0, 0.05) is 0 Å². The quantitative estimate of drug-likeness (QED) is 0.620. The van der Waals surface area contributed by atoms with Crippen LogP contribution in [-0.2, 0) is 0 Å². The molecule has 3 aliphatic heterocycles. The van der Waals surface area contributed by atoms with Crippen molar-refractivity contribution in [3.63, 3.8) is 0 Å². The van der Waals surface area contributed by atoms with Crippen LogP contribution >= 0.6 is 0 Å². The molecule has 0 atom stereocenters. The molecule has 3 heterocycles. The Morgan fingerprint density at radius 2 is 1.40 bits per heavy atom. The summed E-state index contributed by atoms with van der Waals surface area (Å²) in [5.41, 5.74) is 0. The summed E-state index contributed by atoms with van der Waals surface area (Å²) in [6.07, 6.45) is 0. The van der Waals surface area contributed by atoms with Gasteiger partial charge in [-0.25, -0.2) is 0 Å². The van der Waals surface area contributed by atoms with Crippen LogP contribution in [0.15, 0.2) is 0 Å². The third-order valence-electron chi connectivity index (χ3n) is 4.74. The van der Waals surface area contributed by atoms with E-state index in [1.54, 1.807) is 0 Å². The van der Waals surface area contributed by atoms with Gasteiger partial charge in [-0.05, 0) is 27.9 Å². The van der Waals surface area contributed by atoms with E-state index in [4.69, 9.17) is 0 Å². The van der Waals surface area contributed by atoms with E-state index in [-0.39, 0.29) is 0 Å². The minimum atomic E-state index is 0.826. The number of rotatable bonds is 3. The molecule has 3 heteroatoms. The summed E-state index contributed by atoms with van der Waals surface area (Å²) in [4.78, 5) is 2.36. The number of hydrogen-bond acceptors (Lipinski definition) is 1. The van der Waals surface area contributed by atoms with E-state index in [0.29, 0.717) is 0 Å². The molecule has 15 heavy (non-hydrogen) atoms. The molecule has 3 aliphatic rings. The van der Waals surface area contributed by atoms with Crippen molar-refractivity contribution in [2.75, 3.05) is 60.0 Å². The lowest BCUT2D eigenvalue weighted by Gasteiger charge is -2.57. The summed E-state index contributed by atoms with van der Waals surface area (Å²) in [6.45, 7) is 14.5. The Kier molecular flexibility index (Phi) is 2.82. The molecular weight excluding hydrogens is 186 g/mol. The van der Waals surface area contributed by atoms with Crippen molar-refractivity contribution in [2.45, 2.75) is 19.9 Å². The molecule has 0 amide bonds. The monoisotopic (exact) mass is 213 g/mol. The zero-order valence-corrected chi connectivity index (χ0v) is 10.9. The summed E-state index contributed by atoms with van der Waals surface area (Å²) in [7, 11) is 4.42. The van der Waals surface area contributed by atoms with Crippen molar-refractivity contribution in [3.8, 4) is 0 Å². The van der Waals surface area contributed by atoms with Gasteiger partial charge in [-0.1, -0.05) is 0 Å². The fourth-order valence-electron chi connectivity index (χ4n) is 3.49. The molecule has 3 saturated heterocycles. The Labute approximate surface area is 94.4 Å². The lowest BCUT2D eigenvalue weighted by atomic mass is 10.0. The van der Waals surface area contributed by atoms with Gasteiger partial charge in [-0.2, -0.15) is 0 Å². The maximum absolute atomic E-state index is 2.40. The second-order valence-corrected chi connectivity index (χ2v) is 6.22. The van der Waals surface area contributed by atoms with Gasteiger partial charge in [0.1, 0.15) is 45.9 Å². The molecule has 2 bridgehead atoms. The van der Waals surface area contributed by atoms with Gasteiger partial charge in [-0.15, -0.1) is 0 Å². The van der Waals surface area contributed by atoms with Gasteiger partial charge in [0.15, 0.2) is 0 Å². The van der Waals surface area contributed by atoms with Crippen molar-refractivity contribution in [1.82, 2.24) is 4.90 Å². The molecule has 0 spiro atoms. The number of nitrogens with zero attached hydrogens (tertiary/aromatic N) is 3. The van der Waals surface area contributed by atoms with E-state index in [1.165, 1.54) is 54.9 Å². The van der Waals surface area contributed by atoms with Crippen LogP contribution in [0, 0.1) is 0 Å². The maximum Gasteiger partial charge on any atom is 0.135 e. The lowest BCUT2D eigenvalue weighted by Crippen LogP contribution is -2.77. The maximum atomic E-state index is 2.40. The van der Waals surface area contributed by atoms with Crippen LogP contribution in [0.4, 0.5) is 0 Å². The van der Waals surface area contributed by atoms with Gasteiger partial charge in [0.05, 0.1) is 6.04 Å². The third-order valence-corrected chi connectivity index (χ3v) is 4.74. The lowest BCUT2D eigenvalue weighted by molar-refractivity contribution is -1.09. The minimum absolute atomic E-state index is 0.826. The topological polar surface area (TPSA) is 3.24 Å². The molecule has 0 aromatic rings. The van der Waals surface area contributed by atoms with Gasteiger partial charge in [-0.3, -0.25) is 9.38 Å². The van der Waals surface area contributed by atoms with Gasteiger partial charge in [0.25, 0.3) is 0 Å². The van der Waals surface area contributed by atoms with E-state index in [0.717, 1.165) is 6.04 Å². The van der Waals surface area contributed by atoms with Gasteiger partial charge >= 0.3 is 0 Å². The van der Waals surface area contributed by atoms with Crippen molar-refractivity contribution < 1.29 is 8.97 Å². The highest BCUT2D eigenvalue weighted by atomic mass is 15.6. The van der Waals surface area contributed by atoms with Crippen LogP contribution in [0.25, 0.3) is 0 Å². The van der Waals surface area contributed by atoms with Crippen molar-refractivity contribution in [2.24, 2.45) is 0 Å². The normalized spacial score (nSPS) is 40.4. The second kappa shape index (κ2) is 3.72. The third kappa shape index (κ3) is 1.93. The van der Waals surface area contributed by atoms with Crippen molar-refractivity contribution in [3.05, 3.63) is 0 Å². The van der Waals surface area contributed by atoms with Crippen LogP contribution in [0.5, 0.6) is 0 Å². The molecule has 0 saturated carbocycles. The van der Waals surface area contributed by atoms with Gasteiger partial charge < -0.3 is 4.48 Å². The summed E-state index contributed by atoms with van der Waals surface area (Å²) < 4.78 is 2.76. The first kappa shape index (κ1) is 11.4. The smallest absolute Gasteiger partial charge is 0.135 e. The Balaban J connectivity index is 2.04. The Morgan fingerprint density at radius 1 is 0.933 bits per heavy atom. The van der Waals surface area contributed by atoms with Gasteiger partial charge in [0.2, 0.25) is 0 Å². The number of piperazine rings is 3. The summed E-state index contributed by atoms with van der Waals surface area (Å²) in [5.74, 6) is 0. The highest BCUT2D eigenvalue weighted by Crippen LogP contribution is 2.28. The Bertz CT molecular complexity index is 210. The number of hydrogen-bond donors (Lipinski definition) is 0. The minimum Gasteiger partial charge on any atom is -0.308 e. The van der Waals surface area contributed by atoms with Crippen LogP contribution in [0.2, 0.25) is 0 Å². The Hall–Kier alpha value is -0.120. The molecule has 3 rings (SSSR count). The van der Waals surface area contributed by atoms with E-state index >= 15 is 0 Å². The summed E-state index contributed by atoms with van der Waals surface area (Å²) in [6, 6.07) is 0.826. The molecule has 0 radical (unpaired) electrons. The van der Waals surface area contributed by atoms with E-state index in [2.05, 4.69) is 32.8 Å². The molecule has 0 unspecified atom stereocenters. The average Bonchev–Trinajstić information content (AvgIpc) is 2.18. The first-order chi connectivity index (χ1) is 6.98. The first-order valence-corrected chi connectivity index (χ1v) is 6.34. The summed E-state index contributed by atoms with van der Waals surface area (Å²) >= 11 is 0. The largest absolute Gasteiger partial charge is 0.308 e. The highest BCUT2D eigenvalue weighted by Gasteiger charge is 2.50. The van der Waals surface area contributed by atoms with Crippen LogP contribution < -0.4 is 0 Å². The Morgan fingerprint density at radius 3 is 1.73 bits per heavy atom. The predicted molar refractivity (Wildman–Crippen MR) is 63.4 cm³/mol.